The maximum Gasteiger partial charge on any atom is 0.230 e. The molecule has 1 amide bonds. The first-order valence-corrected chi connectivity index (χ1v) is 5.17. The fourth-order valence-electron chi connectivity index (χ4n) is 2.60. The van der Waals surface area contributed by atoms with Gasteiger partial charge in [0, 0.05) is 39.7 Å². The molecule has 80 valence electrons. The minimum absolute atomic E-state index is 0.179. The number of nitrogens with zero attached hydrogens (tertiary/aromatic N) is 1. The zero-order valence-electron chi connectivity index (χ0n) is 8.88. The summed E-state index contributed by atoms with van der Waals surface area (Å²) in [5, 5.41) is 3.31. The second kappa shape index (κ2) is 3.51. The van der Waals surface area contributed by atoms with Crippen molar-refractivity contribution in [2.24, 2.45) is 11.3 Å². The lowest BCUT2D eigenvalue weighted by Gasteiger charge is -2.38. The van der Waals surface area contributed by atoms with Crippen molar-refractivity contribution in [2.45, 2.75) is 6.42 Å². The molecular weight excluding hydrogens is 180 g/mol. The van der Waals surface area contributed by atoms with Crippen LogP contribution in [0.25, 0.3) is 0 Å². The van der Waals surface area contributed by atoms with E-state index in [2.05, 4.69) is 5.32 Å². The van der Waals surface area contributed by atoms with Gasteiger partial charge in [-0.1, -0.05) is 0 Å². The number of hydrogen-bond donors (Lipinski definition) is 1. The Kier molecular flexibility index (Phi) is 2.49. The Bertz CT molecular complexity index is 242. The third-order valence-corrected chi connectivity index (χ3v) is 3.46. The highest BCUT2D eigenvalue weighted by Crippen LogP contribution is 2.39. The fourth-order valence-corrected chi connectivity index (χ4v) is 2.60. The van der Waals surface area contributed by atoms with Gasteiger partial charge in [0.1, 0.15) is 0 Å². The average molecular weight is 198 g/mol. The number of ether oxygens (including phenoxy) is 1. The van der Waals surface area contributed by atoms with Crippen molar-refractivity contribution in [2.75, 3.05) is 40.4 Å². The van der Waals surface area contributed by atoms with Gasteiger partial charge in [-0.05, 0) is 6.42 Å². The number of carbonyl (C=O) groups is 1. The molecule has 0 aromatic rings. The first kappa shape index (κ1) is 9.93. The topological polar surface area (TPSA) is 41.6 Å². The van der Waals surface area contributed by atoms with Crippen molar-refractivity contribution in [3.8, 4) is 0 Å². The summed E-state index contributed by atoms with van der Waals surface area (Å²) >= 11 is 0. The Morgan fingerprint density at radius 3 is 3.07 bits per heavy atom. The van der Waals surface area contributed by atoms with E-state index in [1.54, 1.807) is 4.90 Å². The first-order valence-electron chi connectivity index (χ1n) is 5.17. The van der Waals surface area contributed by atoms with E-state index in [-0.39, 0.29) is 11.3 Å². The lowest BCUT2D eigenvalue weighted by molar-refractivity contribution is -0.147. The predicted octanol–water partition coefficient (Wildman–Crippen LogP) is -0.299. The maximum absolute atomic E-state index is 12.1. The monoisotopic (exact) mass is 198 g/mol. The molecule has 2 rings (SSSR count). The Labute approximate surface area is 84.6 Å². The van der Waals surface area contributed by atoms with E-state index < -0.39 is 0 Å². The standard InChI is InChI=1S/C10H18N2O2/c1-12(2)9(13)10-3-4-14-6-8(10)5-11-7-10/h8,11H,3-7H2,1-2H3. The van der Waals surface area contributed by atoms with Crippen LogP contribution in [0.2, 0.25) is 0 Å². The number of nitrogens with one attached hydrogen (secondary N) is 1. The molecule has 0 aliphatic carbocycles. The molecule has 2 fully saturated rings. The molecule has 0 saturated carbocycles. The van der Waals surface area contributed by atoms with Gasteiger partial charge >= 0.3 is 0 Å². The molecule has 0 spiro atoms. The zero-order chi connectivity index (χ0) is 10.2. The van der Waals surface area contributed by atoms with Gasteiger partial charge in [-0.15, -0.1) is 0 Å². The predicted molar refractivity (Wildman–Crippen MR) is 52.9 cm³/mol. The van der Waals surface area contributed by atoms with Crippen LogP contribution in [0.1, 0.15) is 6.42 Å². The first-order chi connectivity index (χ1) is 6.67. The normalized spacial score (nSPS) is 36.6. The number of carbonyl (C=O) groups excluding carboxylic acids is 1. The van der Waals surface area contributed by atoms with Gasteiger partial charge in [-0.3, -0.25) is 4.79 Å². The van der Waals surface area contributed by atoms with E-state index in [1.807, 2.05) is 14.1 Å². The van der Waals surface area contributed by atoms with Gasteiger partial charge < -0.3 is 15.0 Å². The number of hydrogen-bond acceptors (Lipinski definition) is 3. The number of rotatable bonds is 1. The van der Waals surface area contributed by atoms with Gasteiger partial charge in [-0.2, -0.15) is 0 Å². The molecule has 0 radical (unpaired) electrons. The summed E-state index contributed by atoms with van der Waals surface area (Å²) < 4.78 is 5.43. The molecule has 4 nitrogen and oxygen atoms in total. The van der Waals surface area contributed by atoms with Crippen molar-refractivity contribution in [3.05, 3.63) is 0 Å². The minimum atomic E-state index is -0.179. The maximum atomic E-state index is 12.1. The summed E-state index contributed by atoms with van der Waals surface area (Å²) in [7, 11) is 3.67. The molecule has 0 aromatic carbocycles. The molecular formula is C10H18N2O2. The highest BCUT2D eigenvalue weighted by atomic mass is 16.5. The van der Waals surface area contributed by atoms with Crippen LogP contribution in [0, 0.1) is 11.3 Å². The SMILES string of the molecule is CN(C)C(=O)C12CCOCC1CNC2. The number of fused-ring (bicyclic) bond motifs is 1. The minimum Gasteiger partial charge on any atom is -0.381 e. The third kappa shape index (κ3) is 1.33. The summed E-state index contributed by atoms with van der Waals surface area (Å²) in [5.74, 6) is 0.627. The highest BCUT2D eigenvalue weighted by molar-refractivity contribution is 5.83. The van der Waals surface area contributed by atoms with Crippen LogP contribution in [-0.4, -0.2) is 51.2 Å². The van der Waals surface area contributed by atoms with Crippen LogP contribution >= 0.6 is 0 Å². The van der Waals surface area contributed by atoms with Gasteiger partial charge in [0.2, 0.25) is 5.91 Å². The van der Waals surface area contributed by atoms with E-state index >= 15 is 0 Å². The molecule has 14 heavy (non-hydrogen) atoms. The molecule has 0 bridgehead atoms. The average Bonchev–Trinajstić information content (AvgIpc) is 2.60. The third-order valence-electron chi connectivity index (χ3n) is 3.46. The van der Waals surface area contributed by atoms with Gasteiger partial charge in [0.05, 0.1) is 12.0 Å². The molecule has 2 aliphatic heterocycles. The molecule has 2 saturated heterocycles. The largest absolute Gasteiger partial charge is 0.381 e. The number of amides is 1. The van der Waals surface area contributed by atoms with E-state index in [0.717, 1.165) is 32.7 Å². The lowest BCUT2D eigenvalue weighted by Crippen LogP contribution is -2.49. The van der Waals surface area contributed by atoms with Crippen LogP contribution in [0.15, 0.2) is 0 Å². The molecule has 2 unspecified atom stereocenters. The molecule has 2 aliphatic rings. The summed E-state index contributed by atoms with van der Waals surface area (Å²) in [5.41, 5.74) is -0.179. The quantitative estimate of drug-likeness (QED) is 0.629. The van der Waals surface area contributed by atoms with Crippen LogP contribution in [-0.2, 0) is 9.53 Å². The van der Waals surface area contributed by atoms with E-state index in [1.165, 1.54) is 0 Å². The summed E-state index contributed by atoms with van der Waals surface area (Å²) in [6, 6.07) is 0. The van der Waals surface area contributed by atoms with E-state index in [0.29, 0.717) is 5.92 Å². The Balaban J connectivity index is 2.22. The van der Waals surface area contributed by atoms with Crippen molar-refractivity contribution >= 4 is 5.91 Å². The Morgan fingerprint density at radius 2 is 2.36 bits per heavy atom. The van der Waals surface area contributed by atoms with Crippen molar-refractivity contribution in [1.29, 1.82) is 0 Å². The van der Waals surface area contributed by atoms with Gasteiger partial charge in [0.25, 0.3) is 0 Å². The Hall–Kier alpha value is -0.610. The summed E-state index contributed by atoms with van der Waals surface area (Å²) in [6.45, 7) is 3.18. The van der Waals surface area contributed by atoms with Gasteiger partial charge in [-0.25, -0.2) is 0 Å². The second-order valence-corrected chi connectivity index (χ2v) is 4.51. The van der Waals surface area contributed by atoms with Crippen molar-refractivity contribution in [1.82, 2.24) is 10.2 Å². The van der Waals surface area contributed by atoms with E-state index in [9.17, 15) is 4.79 Å². The fraction of sp³-hybridized carbons (Fsp3) is 0.900. The van der Waals surface area contributed by atoms with Gasteiger partial charge in [0.15, 0.2) is 0 Å². The molecule has 0 aromatic heterocycles. The van der Waals surface area contributed by atoms with E-state index in [4.69, 9.17) is 4.74 Å². The van der Waals surface area contributed by atoms with Crippen molar-refractivity contribution < 1.29 is 9.53 Å². The van der Waals surface area contributed by atoms with Crippen LogP contribution < -0.4 is 5.32 Å². The molecule has 1 N–H and O–H groups in total. The summed E-state index contributed by atoms with van der Waals surface area (Å²) in [4.78, 5) is 13.8. The Morgan fingerprint density at radius 1 is 1.57 bits per heavy atom. The lowest BCUT2D eigenvalue weighted by atomic mass is 9.73. The molecule has 4 heteroatoms. The smallest absolute Gasteiger partial charge is 0.230 e. The van der Waals surface area contributed by atoms with Crippen molar-refractivity contribution in [3.63, 3.8) is 0 Å². The van der Waals surface area contributed by atoms with Crippen LogP contribution in [0.4, 0.5) is 0 Å². The van der Waals surface area contributed by atoms with Crippen LogP contribution in [0.5, 0.6) is 0 Å². The molecule has 2 atom stereocenters. The highest BCUT2D eigenvalue weighted by Gasteiger charge is 2.51. The second-order valence-electron chi connectivity index (χ2n) is 4.51. The summed E-state index contributed by atoms with van der Waals surface area (Å²) in [6.07, 6.45) is 0.863. The zero-order valence-corrected chi connectivity index (χ0v) is 8.88. The van der Waals surface area contributed by atoms with Crippen LogP contribution in [0.3, 0.4) is 0 Å². The molecule has 2 heterocycles.